The summed E-state index contributed by atoms with van der Waals surface area (Å²) in [6, 6.07) is 14.2. The molecule has 2 atom stereocenters. The van der Waals surface area contributed by atoms with Gasteiger partial charge in [-0.1, -0.05) is 30.3 Å². The molecule has 6 nitrogen and oxygen atoms in total. The molecule has 2 aliphatic heterocycles. The van der Waals surface area contributed by atoms with Crippen LogP contribution >= 0.6 is 0 Å². The van der Waals surface area contributed by atoms with Crippen LogP contribution in [0.3, 0.4) is 0 Å². The summed E-state index contributed by atoms with van der Waals surface area (Å²) in [5.41, 5.74) is 2.29. The van der Waals surface area contributed by atoms with Crippen molar-refractivity contribution < 1.29 is 9.72 Å². The van der Waals surface area contributed by atoms with Crippen molar-refractivity contribution in [3.8, 4) is 0 Å². The number of para-hydroxylation sites is 1. The molecule has 0 bridgehead atoms. The van der Waals surface area contributed by atoms with Crippen LogP contribution in [-0.4, -0.2) is 24.4 Å². The number of non-ortho nitro benzene ring substituents is 1. The quantitative estimate of drug-likeness (QED) is 0.681. The Morgan fingerprint density at radius 1 is 1.21 bits per heavy atom. The molecule has 1 fully saturated rings. The third-order valence-electron chi connectivity index (χ3n) is 5.23. The summed E-state index contributed by atoms with van der Waals surface area (Å²) in [4.78, 5) is 25.3. The van der Waals surface area contributed by atoms with Gasteiger partial charge in [0, 0.05) is 24.9 Å². The zero-order chi connectivity index (χ0) is 16.9. The predicted octanol–water partition coefficient (Wildman–Crippen LogP) is 2.54. The van der Waals surface area contributed by atoms with Crippen LogP contribution in [0.15, 0.2) is 48.5 Å². The minimum atomic E-state index is -0.637. The van der Waals surface area contributed by atoms with E-state index in [0.29, 0.717) is 0 Å². The molecule has 122 valence electrons. The second kappa shape index (κ2) is 5.14. The molecule has 1 amide bonds. The normalized spacial score (nSPS) is 25.3. The number of nitrogens with one attached hydrogen (secondary N) is 1. The number of fused-ring (bicyclic) bond motifs is 2. The number of nitrogens with zero attached hydrogens (tertiary/aromatic N) is 2. The summed E-state index contributed by atoms with van der Waals surface area (Å²) in [6.07, 6.45) is 0.717. The number of likely N-dealkylation sites (N-methyl/N-ethyl adjacent to an activating group) is 1. The molecule has 4 rings (SSSR count). The molecule has 0 saturated carbocycles. The van der Waals surface area contributed by atoms with Gasteiger partial charge in [0.05, 0.1) is 16.4 Å². The summed E-state index contributed by atoms with van der Waals surface area (Å²) >= 11 is 0. The van der Waals surface area contributed by atoms with E-state index in [1.165, 1.54) is 12.1 Å². The van der Waals surface area contributed by atoms with Crippen molar-refractivity contribution in [2.24, 2.45) is 0 Å². The molecule has 2 aromatic rings. The highest BCUT2D eigenvalue weighted by atomic mass is 16.6. The molecule has 2 heterocycles. The third kappa shape index (κ3) is 1.83. The number of nitro benzene ring substituents is 1. The molecule has 1 saturated heterocycles. The number of benzene rings is 2. The Morgan fingerprint density at radius 3 is 2.62 bits per heavy atom. The van der Waals surface area contributed by atoms with E-state index >= 15 is 0 Å². The average Bonchev–Trinajstić information content (AvgIpc) is 3.13. The van der Waals surface area contributed by atoms with Crippen LogP contribution in [0.5, 0.6) is 0 Å². The van der Waals surface area contributed by atoms with E-state index in [1.807, 2.05) is 24.3 Å². The summed E-state index contributed by atoms with van der Waals surface area (Å²) < 4.78 is 0. The van der Waals surface area contributed by atoms with Crippen LogP contribution in [0.1, 0.15) is 23.6 Å². The zero-order valence-electron chi connectivity index (χ0n) is 13.2. The van der Waals surface area contributed by atoms with Gasteiger partial charge in [0.25, 0.3) is 5.69 Å². The second-order valence-electron chi connectivity index (χ2n) is 6.34. The number of nitro groups is 1. The minimum absolute atomic E-state index is 0.0565. The molecule has 0 aromatic heterocycles. The van der Waals surface area contributed by atoms with Gasteiger partial charge in [-0.3, -0.25) is 14.9 Å². The van der Waals surface area contributed by atoms with Crippen molar-refractivity contribution in [3.63, 3.8) is 0 Å². The zero-order valence-corrected chi connectivity index (χ0v) is 13.2. The Kier molecular flexibility index (Phi) is 3.18. The maximum absolute atomic E-state index is 13.1. The third-order valence-corrected chi connectivity index (χ3v) is 5.23. The molecule has 0 unspecified atom stereocenters. The molecule has 0 aliphatic carbocycles. The van der Waals surface area contributed by atoms with Crippen LogP contribution in [-0.2, 0) is 10.2 Å². The highest BCUT2D eigenvalue weighted by Gasteiger charge is 2.57. The Bertz CT molecular complexity index is 834. The molecule has 24 heavy (non-hydrogen) atoms. The molecular formula is C18H17N3O3. The first-order valence-electron chi connectivity index (χ1n) is 7.91. The standard InChI is InChI=1S/C18H17N3O3/c1-20-15-5-3-2-4-14(15)18(17(20)22)10-11-19-16(18)12-6-8-13(9-7-12)21(23)24/h2-9,16,19H,10-11H2,1H3/t16-,18-/m0/s1. The molecular weight excluding hydrogens is 306 g/mol. The van der Waals surface area contributed by atoms with Crippen molar-refractivity contribution in [1.29, 1.82) is 0 Å². The van der Waals surface area contributed by atoms with Gasteiger partial charge in [0.1, 0.15) is 0 Å². The van der Waals surface area contributed by atoms with E-state index in [9.17, 15) is 14.9 Å². The van der Waals surface area contributed by atoms with Crippen LogP contribution in [0, 0.1) is 10.1 Å². The van der Waals surface area contributed by atoms with Gasteiger partial charge in [-0.2, -0.15) is 0 Å². The maximum Gasteiger partial charge on any atom is 0.269 e. The lowest BCUT2D eigenvalue weighted by Gasteiger charge is -2.30. The Labute approximate surface area is 139 Å². The molecule has 6 heteroatoms. The predicted molar refractivity (Wildman–Crippen MR) is 90.0 cm³/mol. The number of carbonyl (C=O) groups excluding carboxylic acids is 1. The summed E-state index contributed by atoms with van der Waals surface area (Å²) in [6.45, 7) is 0.732. The fraction of sp³-hybridized carbons (Fsp3) is 0.278. The molecule has 1 spiro atoms. The Morgan fingerprint density at radius 2 is 1.92 bits per heavy atom. The van der Waals surface area contributed by atoms with E-state index in [0.717, 1.165) is 29.8 Å². The number of hydrogen-bond donors (Lipinski definition) is 1. The van der Waals surface area contributed by atoms with Gasteiger partial charge in [0.15, 0.2) is 0 Å². The lowest BCUT2D eigenvalue weighted by molar-refractivity contribution is -0.384. The Hall–Kier alpha value is -2.73. The number of amides is 1. The first kappa shape index (κ1) is 14.8. The smallest absolute Gasteiger partial charge is 0.269 e. The minimum Gasteiger partial charge on any atom is -0.314 e. The maximum atomic E-state index is 13.1. The Balaban J connectivity index is 1.83. The highest BCUT2D eigenvalue weighted by Crippen LogP contribution is 2.52. The van der Waals surface area contributed by atoms with E-state index in [2.05, 4.69) is 5.32 Å². The summed E-state index contributed by atoms with van der Waals surface area (Å²) in [5.74, 6) is 0.0806. The van der Waals surface area contributed by atoms with Crippen LogP contribution in [0.25, 0.3) is 0 Å². The average molecular weight is 323 g/mol. The molecule has 2 aromatic carbocycles. The molecule has 2 aliphatic rings. The lowest BCUT2D eigenvalue weighted by Crippen LogP contribution is -2.42. The van der Waals surface area contributed by atoms with E-state index in [1.54, 1.807) is 24.1 Å². The van der Waals surface area contributed by atoms with Gasteiger partial charge in [-0.15, -0.1) is 0 Å². The van der Waals surface area contributed by atoms with Gasteiger partial charge in [-0.05, 0) is 30.2 Å². The number of anilines is 1. The van der Waals surface area contributed by atoms with Crippen molar-refractivity contribution in [2.75, 3.05) is 18.5 Å². The van der Waals surface area contributed by atoms with Gasteiger partial charge >= 0.3 is 0 Å². The largest absolute Gasteiger partial charge is 0.314 e. The van der Waals surface area contributed by atoms with Crippen molar-refractivity contribution in [3.05, 3.63) is 69.8 Å². The second-order valence-corrected chi connectivity index (χ2v) is 6.34. The highest BCUT2D eigenvalue weighted by molar-refractivity contribution is 6.08. The van der Waals surface area contributed by atoms with Crippen molar-refractivity contribution in [1.82, 2.24) is 5.32 Å². The molecule has 1 N–H and O–H groups in total. The van der Waals surface area contributed by atoms with E-state index in [4.69, 9.17) is 0 Å². The number of hydrogen-bond acceptors (Lipinski definition) is 4. The fourth-order valence-corrected chi connectivity index (χ4v) is 4.11. The van der Waals surface area contributed by atoms with E-state index in [-0.39, 0.29) is 17.6 Å². The van der Waals surface area contributed by atoms with Gasteiger partial charge in [0.2, 0.25) is 5.91 Å². The SMILES string of the molecule is CN1C(=O)[C@@]2(CCN[C@H]2c2ccc([N+](=O)[O-])cc2)c2ccccc21. The molecule has 0 radical (unpaired) electrons. The summed E-state index contributed by atoms with van der Waals surface area (Å²) in [7, 11) is 1.81. The summed E-state index contributed by atoms with van der Waals surface area (Å²) in [5, 5.41) is 14.3. The van der Waals surface area contributed by atoms with Crippen LogP contribution < -0.4 is 10.2 Å². The first-order valence-corrected chi connectivity index (χ1v) is 7.91. The van der Waals surface area contributed by atoms with Gasteiger partial charge < -0.3 is 10.2 Å². The van der Waals surface area contributed by atoms with Crippen molar-refractivity contribution in [2.45, 2.75) is 17.9 Å². The topological polar surface area (TPSA) is 75.5 Å². The first-order chi connectivity index (χ1) is 11.6. The fourth-order valence-electron chi connectivity index (χ4n) is 4.11. The van der Waals surface area contributed by atoms with E-state index < -0.39 is 10.3 Å². The van der Waals surface area contributed by atoms with Gasteiger partial charge in [-0.25, -0.2) is 0 Å². The van der Waals surface area contributed by atoms with Crippen molar-refractivity contribution >= 4 is 17.3 Å². The van der Waals surface area contributed by atoms with Crippen LogP contribution in [0.4, 0.5) is 11.4 Å². The van der Waals surface area contributed by atoms with Crippen LogP contribution in [0.2, 0.25) is 0 Å². The lowest BCUT2D eigenvalue weighted by atomic mass is 9.73. The number of rotatable bonds is 2. The monoisotopic (exact) mass is 323 g/mol. The number of carbonyl (C=O) groups is 1.